The Morgan fingerprint density at radius 3 is 2.68 bits per heavy atom. The van der Waals surface area contributed by atoms with Crippen LogP contribution in [-0.2, 0) is 24.2 Å². The van der Waals surface area contributed by atoms with Gasteiger partial charge in [-0.3, -0.25) is 4.79 Å². The number of halogens is 2. The molecule has 0 bridgehead atoms. The lowest BCUT2D eigenvalue weighted by Gasteiger charge is -2.11. The lowest BCUT2D eigenvalue weighted by atomic mass is 9.96. The van der Waals surface area contributed by atoms with Crippen LogP contribution >= 0.6 is 27.3 Å². The van der Waals surface area contributed by atoms with E-state index in [1.165, 1.54) is 29.5 Å². The topological polar surface area (TPSA) is 85.9 Å². The summed E-state index contributed by atoms with van der Waals surface area (Å²) in [7, 11) is 0. The maximum Gasteiger partial charge on any atom is 0.266 e. The third-order valence-electron chi connectivity index (χ3n) is 5.45. The number of fused-ring (bicyclic) bond motifs is 1. The number of amides is 1. The van der Waals surface area contributed by atoms with Gasteiger partial charge in [-0.1, -0.05) is 28.1 Å². The van der Waals surface area contributed by atoms with E-state index in [-0.39, 0.29) is 18.0 Å². The zero-order valence-electron chi connectivity index (χ0n) is 18.0. The first-order chi connectivity index (χ1) is 16.5. The zero-order valence-corrected chi connectivity index (χ0v) is 20.4. The number of nitrogens with zero attached hydrogens (tertiary/aromatic N) is 2. The zero-order chi connectivity index (χ0) is 24.1. The van der Waals surface area contributed by atoms with Gasteiger partial charge in [-0.15, -0.1) is 11.3 Å². The first kappa shape index (κ1) is 23.7. The second kappa shape index (κ2) is 10.6. The number of benzene rings is 2. The van der Waals surface area contributed by atoms with E-state index in [4.69, 9.17) is 4.74 Å². The number of nitriles is 2. The average Bonchev–Trinajstić information content (AvgIpc) is 3.19. The Labute approximate surface area is 209 Å². The van der Waals surface area contributed by atoms with Gasteiger partial charge >= 0.3 is 0 Å². The normalized spacial score (nSPS) is 12.9. The Morgan fingerprint density at radius 1 is 1.18 bits per heavy atom. The minimum Gasteiger partial charge on any atom is -0.488 e. The lowest BCUT2D eigenvalue weighted by Crippen LogP contribution is -2.13. The summed E-state index contributed by atoms with van der Waals surface area (Å²) in [5.41, 5.74) is 2.72. The average molecular weight is 536 g/mol. The summed E-state index contributed by atoms with van der Waals surface area (Å²) in [6.45, 7) is 0.198. The number of carbonyl (C=O) groups is 1. The van der Waals surface area contributed by atoms with E-state index in [0.717, 1.165) is 46.2 Å². The van der Waals surface area contributed by atoms with Crippen molar-refractivity contribution in [1.29, 1.82) is 10.5 Å². The van der Waals surface area contributed by atoms with Crippen molar-refractivity contribution in [3.63, 3.8) is 0 Å². The Morgan fingerprint density at radius 2 is 1.94 bits per heavy atom. The quantitative estimate of drug-likeness (QED) is 0.287. The van der Waals surface area contributed by atoms with Crippen molar-refractivity contribution >= 4 is 44.3 Å². The Hall–Kier alpha value is -3.46. The van der Waals surface area contributed by atoms with Gasteiger partial charge < -0.3 is 10.1 Å². The molecule has 3 aromatic rings. The minimum absolute atomic E-state index is 0.111. The molecule has 1 aromatic heterocycles. The van der Waals surface area contributed by atoms with Crippen molar-refractivity contribution < 1.29 is 13.9 Å². The van der Waals surface area contributed by atoms with Crippen LogP contribution in [0.15, 0.2) is 52.5 Å². The highest BCUT2D eigenvalue weighted by atomic mass is 79.9. The molecule has 4 rings (SSSR count). The Bertz CT molecular complexity index is 1350. The molecule has 0 unspecified atom stereocenters. The molecule has 170 valence electrons. The summed E-state index contributed by atoms with van der Waals surface area (Å²) in [6, 6.07) is 15.4. The highest BCUT2D eigenvalue weighted by molar-refractivity contribution is 9.10. The summed E-state index contributed by atoms with van der Waals surface area (Å²) in [5.74, 6) is -0.439. The van der Waals surface area contributed by atoms with Gasteiger partial charge in [0.15, 0.2) is 0 Å². The summed E-state index contributed by atoms with van der Waals surface area (Å²) in [4.78, 5) is 14.1. The molecule has 2 aromatic carbocycles. The van der Waals surface area contributed by atoms with Crippen LogP contribution in [0.5, 0.6) is 5.75 Å². The number of thiophene rings is 1. The maximum atomic E-state index is 13.1. The molecule has 1 N–H and O–H groups in total. The van der Waals surface area contributed by atoms with Gasteiger partial charge in [0.2, 0.25) is 0 Å². The molecule has 0 radical (unpaired) electrons. The molecular weight excluding hydrogens is 517 g/mol. The van der Waals surface area contributed by atoms with Crippen LogP contribution in [0.4, 0.5) is 9.39 Å². The Kier molecular flexibility index (Phi) is 7.42. The van der Waals surface area contributed by atoms with Gasteiger partial charge in [-0.2, -0.15) is 10.5 Å². The number of anilines is 1. The summed E-state index contributed by atoms with van der Waals surface area (Å²) < 4.78 is 19.8. The molecule has 8 heteroatoms. The van der Waals surface area contributed by atoms with Crippen molar-refractivity contribution in [3.8, 4) is 17.9 Å². The number of hydrogen-bond acceptors (Lipinski definition) is 5. The molecule has 34 heavy (non-hydrogen) atoms. The van der Waals surface area contributed by atoms with Crippen LogP contribution in [0.1, 0.15) is 40.0 Å². The van der Waals surface area contributed by atoms with Crippen LogP contribution in [0.2, 0.25) is 0 Å². The molecule has 0 saturated heterocycles. The molecule has 0 spiro atoms. The maximum absolute atomic E-state index is 13.1. The van der Waals surface area contributed by atoms with E-state index in [1.807, 2.05) is 6.07 Å². The SMILES string of the molecule is N#C/C(=C\c1cc(Br)ccc1OCc1ccc(F)cc1)C(=O)Nc1sc2c(c1C#N)CCCC2. The van der Waals surface area contributed by atoms with Gasteiger partial charge in [0.05, 0.1) is 5.56 Å². The molecular formula is C26H19BrFN3O2S. The second-order valence-electron chi connectivity index (χ2n) is 7.75. The highest BCUT2D eigenvalue weighted by Crippen LogP contribution is 2.38. The fourth-order valence-corrected chi connectivity index (χ4v) is 5.37. The molecule has 0 fully saturated rings. The number of aryl methyl sites for hydroxylation is 1. The van der Waals surface area contributed by atoms with Crippen LogP contribution < -0.4 is 10.1 Å². The first-order valence-electron chi connectivity index (χ1n) is 10.6. The monoisotopic (exact) mass is 535 g/mol. The Balaban J connectivity index is 1.57. The van der Waals surface area contributed by atoms with Crippen LogP contribution in [-0.4, -0.2) is 5.91 Å². The fraction of sp³-hybridized carbons (Fsp3) is 0.192. The van der Waals surface area contributed by atoms with Gasteiger partial charge in [0, 0.05) is 14.9 Å². The summed E-state index contributed by atoms with van der Waals surface area (Å²) >= 11 is 4.82. The van der Waals surface area contributed by atoms with Crippen molar-refractivity contribution in [2.75, 3.05) is 5.32 Å². The van der Waals surface area contributed by atoms with E-state index in [1.54, 1.807) is 30.3 Å². The van der Waals surface area contributed by atoms with Gasteiger partial charge in [-0.25, -0.2) is 4.39 Å². The van der Waals surface area contributed by atoms with E-state index >= 15 is 0 Å². The van der Waals surface area contributed by atoms with E-state index in [2.05, 4.69) is 27.3 Å². The number of carbonyl (C=O) groups excluding carboxylic acids is 1. The molecule has 0 saturated carbocycles. The smallest absolute Gasteiger partial charge is 0.266 e. The standard InChI is InChI=1S/C26H19BrFN3O2S/c27-19-7-10-23(33-15-16-5-8-20(28)9-6-16)17(12-19)11-18(13-29)25(32)31-26-22(14-30)21-3-1-2-4-24(21)34-26/h5-12H,1-4,15H2,(H,31,32)/b18-11+. The van der Waals surface area contributed by atoms with Gasteiger partial charge in [0.25, 0.3) is 5.91 Å². The van der Waals surface area contributed by atoms with E-state index in [9.17, 15) is 19.7 Å². The van der Waals surface area contributed by atoms with Crippen LogP contribution in [0.3, 0.4) is 0 Å². The van der Waals surface area contributed by atoms with Gasteiger partial charge in [-0.05, 0) is 73.2 Å². The third kappa shape index (κ3) is 5.36. The molecule has 5 nitrogen and oxygen atoms in total. The van der Waals surface area contributed by atoms with E-state index < -0.39 is 5.91 Å². The molecule has 1 aliphatic rings. The number of nitrogens with one attached hydrogen (secondary N) is 1. The second-order valence-corrected chi connectivity index (χ2v) is 9.77. The predicted molar refractivity (Wildman–Crippen MR) is 133 cm³/mol. The summed E-state index contributed by atoms with van der Waals surface area (Å²) in [5, 5.41) is 22.6. The van der Waals surface area contributed by atoms with Crippen molar-refractivity contribution in [3.05, 3.63) is 85.5 Å². The van der Waals surface area contributed by atoms with E-state index in [0.29, 0.717) is 21.9 Å². The predicted octanol–water partition coefficient (Wildman–Crippen LogP) is 6.52. The molecule has 1 heterocycles. The third-order valence-corrected chi connectivity index (χ3v) is 7.16. The molecule has 1 amide bonds. The number of ether oxygens (including phenoxy) is 1. The number of hydrogen-bond donors (Lipinski definition) is 1. The van der Waals surface area contributed by atoms with Crippen molar-refractivity contribution in [1.82, 2.24) is 0 Å². The van der Waals surface area contributed by atoms with Gasteiger partial charge in [0.1, 0.15) is 40.9 Å². The fourth-order valence-electron chi connectivity index (χ4n) is 3.75. The number of rotatable bonds is 6. The largest absolute Gasteiger partial charge is 0.488 e. The molecule has 0 atom stereocenters. The van der Waals surface area contributed by atoms with Crippen LogP contribution in [0.25, 0.3) is 6.08 Å². The molecule has 0 aliphatic heterocycles. The highest BCUT2D eigenvalue weighted by Gasteiger charge is 2.23. The van der Waals surface area contributed by atoms with Crippen molar-refractivity contribution in [2.45, 2.75) is 32.3 Å². The lowest BCUT2D eigenvalue weighted by molar-refractivity contribution is -0.112. The molecule has 1 aliphatic carbocycles. The minimum atomic E-state index is -0.581. The first-order valence-corrected chi connectivity index (χ1v) is 12.2. The summed E-state index contributed by atoms with van der Waals surface area (Å²) in [6.07, 6.45) is 5.29. The van der Waals surface area contributed by atoms with Crippen LogP contribution in [0, 0.1) is 28.5 Å². The van der Waals surface area contributed by atoms with Crippen molar-refractivity contribution in [2.24, 2.45) is 0 Å².